The number of thiophene rings is 1. The number of aromatic nitrogens is 1. The molecule has 0 fully saturated rings. The summed E-state index contributed by atoms with van der Waals surface area (Å²) >= 11 is 1.75. The Bertz CT molecular complexity index is 609. The fraction of sp³-hybridized carbons (Fsp3) is 0.375. The van der Waals surface area contributed by atoms with Crippen molar-refractivity contribution in [3.63, 3.8) is 0 Å². The third-order valence-corrected chi connectivity index (χ3v) is 4.35. The van der Waals surface area contributed by atoms with E-state index >= 15 is 0 Å². The SMILES string of the molecule is Cc1cc([C@@H](C)NC(=O)N[C@@H](C)c2ccccn2)c(C)s1. The van der Waals surface area contributed by atoms with Crippen molar-refractivity contribution in [2.45, 2.75) is 39.8 Å². The first kappa shape index (κ1) is 15.5. The Kier molecular flexibility index (Phi) is 4.96. The van der Waals surface area contributed by atoms with Crippen LogP contribution in [0.2, 0.25) is 0 Å². The molecule has 2 rings (SSSR count). The summed E-state index contributed by atoms with van der Waals surface area (Å²) in [5, 5.41) is 5.89. The van der Waals surface area contributed by atoms with E-state index < -0.39 is 0 Å². The minimum atomic E-state index is -0.177. The molecule has 4 nitrogen and oxygen atoms in total. The monoisotopic (exact) mass is 303 g/mol. The Labute approximate surface area is 129 Å². The van der Waals surface area contributed by atoms with Gasteiger partial charge in [-0.1, -0.05) is 6.07 Å². The lowest BCUT2D eigenvalue weighted by Crippen LogP contribution is -2.38. The minimum Gasteiger partial charge on any atom is -0.332 e. The van der Waals surface area contributed by atoms with Crippen molar-refractivity contribution in [1.82, 2.24) is 15.6 Å². The summed E-state index contributed by atoms with van der Waals surface area (Å²) in [4.78, 5) is 18.8. The summed E-state index contributed by atoms with van der Waals surface area (Å²) in [6, 6.07) is 7.51. The van der Waals surface area contributed by atoms with Gasteiger partial charge in [-0.15, -0.1) is 11.3 Å². The van der Waals surface area contributed by atoms with Crippen LogP contribution < -0.4 is 10.6 Å². The highest BCUT2D eigenvalue weighted by molar-refractivity contribution is 7.12. The minimum absolute atomic E-state index is 0.00844. The molecule has 21 heavy (non-hydrogen) atoms. The van der Waals surface area contributed by atoms with Crippen LogP contribution in [0.5, 0.6) is 0 Å². The molecule has 5 heteroatoms. The van der Waals surface area contributed by atoms with E-state index in [4.69, 9.17) is 0 Å². The molecule has 2 aromatic rings. The standard InChI is InChI=1S/C16H21N3OS/c1-10-9-14(13(4)21-10)11(2)18-16(20)19-12(3)15-7-5-6-8-17-15/h5-9,11-12H,1-4H3,(H2,18,19,20)/t11-,12+/m1/s1. The fourth-order valence-electron chi connectivity index (χ4n) is 2.30. The van der Waals surface area contributed by atoms with Gasteiger partial charge in [-0.05, 0) is 51.5 Å². The van der Waals surface area contributed by atoms with Gasteiger partial charge in [0.25, 0.3) is 0 Å². The molecule has 0 bridgehead atoms. The van der Waals surface area contributed by atoms with Crippen molar-refractivity contribution in [1.29, 1.82) is 0 Å². The number of nitrogens with one attached hydrogen (secondary N) is 2. The number of rotatable bonds is 4. The zero-order chi connectivity index (χ0) is 15.4. The summed E-state index contributed by atoms with van der Waals surface area (Å²) < 4.78 is 0. The Hall–Kier alpha value is -1.88. The van der Waals surface area contributed by atoms with Crippen molar-refractivity contribution in [3.8, 4) is 0 Å². The number of aryl methyl sites for hydroxylation is 2. The van der Waals surface area contributed by atoms with Crippen LogP contribution in [-0.4, -0.2) is 11.0 Å². The van der Waals surface area contributed by atoms with Crippen LogP contribution in [-0.2, 0) is 0 Å². The molecule has 2 amide bonds. The highest BCUT2D eigenvalue weighted by Crippen LogP contribution is 2.26. The van der Waals surface area contributed by atoms with Crippen LogP contribution in [0.25, 0.3) is 0 Å². The van der Waals surface area contributed by atoms with Crippen molar-refractivity contribution >= 4 is 17.4 Å². The Morgan fingerprint density at radius 2 is 1.90 bits per heavy atom. The van der Waals surface area contributed by atoms with Gasteiger partial charge in [0.2, 0.25) is 0 Å². The number of pyridine rings is 1. The van der Waals surface area contributed by atoms with Crippen molar-refractivity contribution in [2.75, 3.05) is 0 Å². The van der Waals surface area contributed by atoms with E-state index in [-0.39, 0.29) is 18.1 Å². The average Bonchev–Trinajstić information content (AvgIpc) is 2.78. The smallest absolute Gasteiger partial charge is 0.315 e. The van der Waals surface area contributed by atoms with Crippen LogP contribution >= 0.6 is 11.3 Å². The van der Waals surface area contributed by atoms with Gasteiger partial charge in [-0.2, -0.15) is 0 Å². The van der Waals surface area contributed by atoms with Gasteiger partial charge in [0.15, 0.2) is 0 Å². The molecule has 2 aromatic heterocycles. The molecule has 2 heterocycles. The predicted octanol–water partition coefficient (Wildman–Crippen LogP) is 3.88. The van der Waals surface area contributed by atoms with Gasteiger partial charge in [-0.25, -0.2) is 4.79 Å². The molecule has 0 aliphatic carbocycles. The first-order valence-electron chi connectivity index (χ1n) is 7.02. The molecule has 0 unspecified atom stereocenters. The zero-order valence-electron chi connectivity index (χ0n) is 12.8. The first-order valence-corrected chi connectivity index (χ1v) is 7.84. The molecular formula is C16H21N3OS. The topological polar surface area (TPSA) is 54.0 Å². The van der Waals surface area contributed by atoms with E-state index in [0.29, 0.717) is 0 Å². The predicted molar refractivity (Wildman–Crippen MR) is 86.5 cm³/mol. The van der Waals surface area contributed by atoms with E-state index in [1.807, 2.05) is 32.0 Å². The van der Waals surface area contributed by atoms with Gasteiger partial charge in [0, 0.05) is 16.0 Å². The van der Waals surface area contributed by atoms with Gasteiger partial charge in [-0.3, -0.25) is 4.98 Å². The molecule has 0 saturated heterocycles. The van der Waals surface area contributed by atoms with E-state index in [1.54, 1.807) is 17.5 Å². The van der Waals surface area contributed by atoms with Crippen LogP contribution in [0.1, 0.15) is 46.9 Å². The normalized spacial score (nSPS) is 13.5. The van der Waals surface area contributed by atoms with E-state index in [9.17, 15) is 4.79 Å². The van der Waals surface area contributed by atoms with Gasteiger partial charge < -0.3 is 10.6 Å². The molecule has 0 radical (unpaired) electrons. The van der Waals surface area contributed by atoms with Crippen LogP contribution in [0, 0.1) is 13.8 Å². The maximum absolute atomic E-state index is 12.1. The Morgan fingerprint density at radius 3 is 2.48 bits per heavy atom. The number of urea groups is 1. The lowest BCUT2D eigenvalue weighted by molar-refractivity contribution is 0.234. The Morgan fingerprint density at radius 1 is 1.19 bits per heavy atom. The molecule has 0 aliphatic rings. The molecule has 0 aliphatic heterocycles. The van der Waals surface area contributed by atoms with E-state index in [2.05, 4.69) is 35.5 Å². The first-order chi connectivity index (χ1) is 9.97. The number of nitrogens with zero attached hydrogens (tertiary/aromatic N) is 1. The van der Waals surface area contributed by atoms with Gasteiger partial charge in [0.1, 0.15) is 0 Å². The molecule has 2 N–H and O–H groups in total. The van der Waals surface area contributed by atoms with Gasteiger partial charge >= 0.3 is 6.03 Å². The number of amides is 2. The lowest BCUT2D eigenvalue weighted by Gasteiger charge is -2.18. The summed E-state index contributed by atoms with van der Waals surface area (Å²) in [7, 11) is 0. The summed E-state index contributed by atoms with van der Waals surface area (Å²) in [5.41, 5.74) is 2.03. The molecule has 0 spiro atoms. The van der Waals surface area contributed by atoms with Crippen molar-refractivity contribution < 1.29 is 4.79 Å². The van der Waals surface area contributed by atoms with Crippen LogP contribution in [0.15, 0.2) is 30.5 Å². The summed E-state index contributed by atoms with van der Waals surface area (Å²) in [6.07, 6.45) is 1.73. The van der Waals surface area contributed by atoms with Gasteiger partial charge in [0.05, 0.1) is 17.8 Å². The molecular weight excluding hydrogens is 282 g/mol. The third kappa shape index (κ3) is 4.04. The highest BCUT2D eigenvalue weighted by Gasteiger charge is 2.15. The maximum atomic E-state index is 12.1. The van der Waals surface area contributed by atoms with Crippen molar-refractivity contribution in [2.24, 2.45) is 0 Å². The van der Waals surface area contributed by atoms with E-state index in [0.717, 1.165) is 5.69 Å². The zero-order valence-corrected chi connectivity index (χ0v) is 13.6. The lowest BCUT2D eigenvalue weighted by atomic mass is 10.1. The Balaban J connectivity index is 1.94. The van der Waals surface area contributed by atoms with Crippen LogP contribution in [0.3, 0.4) is 0 Å². The molecule has 0 aromatic carbocycles. The average molecular weight is 303 g/mol. The number of hydrogen-bond acceptors (Lipinski definition) is 3. The van der Waals surface area contributed by atoms with Crippen molar-refractivity contribution in [3.05, 3.63) is 51.5 Å². The largest absolute Gasteiger partial charge is 0.332 e. The number of carbonyl (C=O) groups excluding carboxylic acids is 1. The summed E-state index contributed by atoms with van der Waals surface area (Å²) in [6.45, 7) is 8.09. The van der Waals surface area contributed by atoms with E-state index in [1.165, 1.54) is 15.3 Å². The molecule has 0 saturated carbocycles. The third-order valence-electron chi connectivity index (χ3n) is 3.37. The quantitative estimate of drug-likeness (QED) is 0.900. The second kappa shape index (κ2) is 6.72. The maximum Gasteiger partial charge on any atom is 0.315 e. The second-order valence-corrected chi connectivity index (χ2v) is 6.64. The second-order valence-electron chi connectivity index (χ2n) is 5.18. The molecule has 112 valence electrons. The molecule has 2 atom stereocenters. The number of hydrogen-bond donors (Lipinski definition) is 2. The number of carbonyl (C=O) groups is 1. The highest BCUT2D eigenvalue weighted by atomic mass is 32.1. The summed E-state index contributed by atoms with van der Waals surface area (Å²) in [5.74, 6) is 0. The fourth-order valence-corrected chi connectivity index (χ4v) is 3.32. The van der Waals surface area contributed by atoms with Crippen LogP contribution in [0.4, 0.5) is 4.79 Å².